The van der Waals surface area contributed by atoms with Crippen LogP contribution in [0.15, 0.2) is 46.6 Å². The van der Waals surface area contributed by atoms with Crippen LogP contribution in [0.1, 0.15) is 73.6 Å². The normalized spacial score (nSPS) is 42.6. The van der Waals surface area contributed by atoms with Crippen LogP contribution >= 0.6 is 0 Å². The lowest BCUT2D eigenvalue weighted by Gasteiger charge is -2.53. The summed E-state index contributed by atoms with van der Waals surface area (Å²) in [6, 6.07) is 0. The van der Waals surface area contributed by atoms with Crippen LogP contribution in [0.2, 0.25) is 0 Å². The molecule has 0 amide bonds. The number of rotatable bonds is 2. The molecule has 0 aromatic heterocycles. The van der Waals surface area contributed by atoms with E-state index in [0.717, 1.165) is 31.3 Å². The Morgan fingerprint density at radius 2 is 1.81 bits per heavy atom. The summed E-state index contributed by atoms with van der Waals surface area (Å²) in [7, 11) is 0. The molecule has 36 heavy (non-hydrogen) atoms. The SMILES string of the molecule is CC1=C[C@H](O)[C@@H]([C@@H](C)[C@H]2C[C@@H](O)[C@@]3(C)C4=C(C=C5C=CC(=O)OC(C)(C)[C@@H]5CC4)CC[C@]23C)OC1=O. The summed E-state index contributed by atoms with van der Waals surface area (Å²) in [6.45, 7) is 12.2. The third-order valence-corrected chi connectivity index (χ3v) is 10.6. The predicted octanol–water partition coefficient (Wildman–Crippen LogP) is 4.57. The third kappa shape index (κ3) is 3.59. The molecule has 0 radical (unpaired) electrons. The molecule has 2 N–H and O–H groups in total. The van der Waals surface area contributed by atoms with Crippen molar-refractivity contribution in [3.8, 4) is 0 Å². The lowest BCUT2D eigenvalue weighted by Crippen LogP contribution is -2.50. The van der Waals surface area contributed by atoms with Crippen LogP contribution in [0.5, 0.6) is 0 Å². The number of aliphatic hydroxyl groups is 2. The van der Waals surface area contributed by atoms with Crippen LogP contribution in [0.25, 0.3) is 0 Å². The van der Waals surface area contributed by atoms with E-state index in [4.69, 9.17) is 9.47 Å². The molecule has 0 unspecified atom stereocenters. The maximum Gasteiger partial charge on any atom is 0.333 e. The zero-order chi connectivity index (χ0) is 26.2. The Morgan fingerprint density at radius 1 is 1.08 bits per heavy atom. The minimum absolute atomic E-state index is 0.0840. The van der Waals surface area contributed by atoms with Gasteiger partial charge in [0.2, 0.25) is 0 Å². The molecule has 2 aliphatic heterocycles. The second-order valence-corrected chi connectivity index (χ2v) is 12.6. The maximum absolute atomic E-state index is 12.3. The van der Waals surface area contributed by atoms with Crippen molar-refractivity contribution in [1.29, 1.82) is 0 Å². The molecule has 0 aromatic carbocycles. The molecule has 6 nitrogen and oxygen atoms in total. The number of hydrogen-bond acceptors (Lipinski definition) is 6. The van der Waals surface area contributed by atoms with Crippen molar-refractivity contribution >= 4 is 11.9 Å². The molecule has 8 atom stereocenters. The van der Waals surface area contributed by atoms with Gasteiger partial charge in [-0.2, -0.15) is 0 Å². The number of allylic oxidation sites excluding steroid dienone is 3. The van der Waals surface area contributed by atoms with Crippen molar-refractivity contribution in [3.63, 3.8) is 0 Å². The number of esters is 2. The molecule has 196 valence electrons. The number of ether oxygens (including phenoxy) is 2. The Bertz CT molecular complexity index is 1110. The van der Waals surface area contributed by atoms with E-state index in [1.807, 2.05) is 19.9 Å². The van der Waals surface area contributed by atoms with Crippen molar-refractivity contribution in [1.82, 2.24) is 0 Å². The molecule has 2 heterocycles. The number of hydrogen-bond donors (Lipinski definition) is 2. The summed E-state index contributed by atoms with van der Waals surface area (Å²) in [5, 5.41) is 22.4. The van der Waals surface area contributed by atoms with E-state index in [0.29, 0.717) is 12.0 Å². The van der Waals surface area contributed by atoms with Gasteiger partial charge in [0, 0.05) is 23.0 Å². The molecule has 0 aromatic rings. The molecule has 5 rings (SSSR count). The van der Waals surface area contributed by atoms with Gasteiger partial charge in [-0.15, -0.1) is 0 Å². The van der Waals surface area contributed by atoms with Crippen molar-refractivity contribution in [2.24, 2.45) is 28.6 Å². The first-order chi connectivity index (χ1) is 16.8. The fourth-order valence-electron chi connectivity index (χ4n) is 8.30. The smallest absolute Gasteiger partial charge is 0.333 e. The number of fused-ring (bicyclic) bond motifs is 3. The number of cyclic esters (lactones) is 2. The van der Waals surface area contributed by atoms with Gasteiger partial charge in [0.05, 0.1) is 6.10 Å². The van der Waals surface area contributed by atoms with E-state index >= 15 is 0 Å². The molecule has 0 bridgehead atoms. The second kappa shape index (κ2) is 8.42. The van der Waals surface area contributed by atoms with E-state index in [9.17, 15) is 19.8 Å². The number of carbonyl (C=O) groups excluding carboxylic acids is 2. The Labute approximate surface area is 214 Å². The lowest BCUT2D eigenvalue weighted by molar-refractivity contribution is -0.159. The Morgan fingerprint density at radius 3 is 2.53 bits per heavy atom. The topological polar surface area (TPSA) is 93.1 Å². The van der Waals surface area contributed by atoms with Gasteiger partial charge in [-0.25, -0.2) is 9.59 Å². The molecule has 1 saturated carbocycles. The fourth-order valence-corrected chi connectivity index (χ4v) is 8.30. The van der Waals surface area contributed by atoms with Gasteiger partial charge in [0.1, 0.15) is 17.8 Å². The molecular weight excluding hydrogens is 456 g/mol. The molecule has 5 aliphatic rings. The quantitative estimate of drug-likeness (QED) is 0.544. The van der Waals surface area contributed by atoms with Gasteiger partial charge in [0.15, 0.2) is 0 Å². The monoisotopic (exact) mass is 496 g/mol. The molecule has 1 fully saturated rings. The molecular formula is C30H40O6. The zero-order valence-corrected chi connectivity index (χ0v) is 22.3. The van der Waals surface area contributed by atoms with Gasteiger partial charge in [-0.05, 0) is 87.3 Å². The highest BCUT2D eigenvalue weighted by Gasteiger charge is 2.64. The number of carbonyl (C=O) groups is 2. The molecule has 0 saturated heterocycles. The molecule has 6 heteroatoms. The standard InChI is InChI=1S/C30H40O6/c1-16-13-23(31)26(35-27(16)34)17(2)22-15-24(32)30(6)21-9-8-20-18(7-10-25(33)36-28(20,3)4)14-19(21)11-12-29(22,30)5/h7,10,13-14,17,20,22-24,26,31-32H,8-9,11-12,15H2,1-6H3/t17-,20+,22+,23-,24+,26+,29+,30+/m0/s1. The van der Waals surface area contributed by atoms with Gasteiger partial charge >= 0.3 is 11.9 Å². The first-order valence-corrected chi connectivity index (χ1v) is 13.4. The van der Waals surface area contributed by atoms with Crippen LogP contribution in [0, 0.1) is 28.6 Å². The van der Waals surface area contributed by atoms with Crippen LogP contribution < -0.4 is 0 Å². The maximum atomic E-state index is 12.3. The van der Waals surface area contributed by atoms with E-state index in [-0.39, 0.29) is 35.1 Å². The van der Waals surface area contributed by atoms with Gasteiger partial charge < -0.3 is 19.7 Å². The average Bonchev–Trinajstić information content (AvgIpc) is 2.93. The van der Waals surface area contributed by atoms with E-state index in [2.05, 4.69) is 26.8 Å². The Balaban J connectivity index is 1.51. The molecule has 0 spiro atoms. The van der Waals surface area contributed by atoms with Crippen molar-refractivity contribution in [2.45, 2.75) is 97.6 Å². The minimum atomic E-state index is -0.838. The van der Waals surface area contributed by atoms with E-state index < -0.39 is 29.3 Å². The summed E-state index contributed by atoms with van der Waals surface area (Å²) < 4.78 is 11.5. The second-order valence-electron chi connectivity index (χ2n) is 12.6. The Kier molecular flexibility index (Phi) is 5.96. The Hall–Kier alpha value is -2.18. The third-order valence-electron chi connectivity index (χ3n) is 10.6. The highest BCUT2D eigenvalue weighted by atomic mass is 16.6. The van der Waals surface area contributed by atoms with Gasteiger partial charge in [-0.3, -0.25) is 0 Å². The first-order valence-electron chi connectivity index (χ1n) is 13.4. The lowest BCUT2D eigenvalue weighted by atomic mass is 9.52. The summed E-state index contributed by atoms with van der Waals surface area (Å²) in [6.07, 6.45) is 9.40. The van der Waals surface area contributed by atoms with Crippen molar-refractivity contribution in [3.05, 3.63) is 46.6 Å². The van der Waals surface area contributed by atoms with Crippen molar-refractivity contribution < 1.29 is 29.3 Å². The highest BCUT2D eigenvalue weighted by Crippen LogP contribution is 2.68. The highest BCUT2D eigenvalue weighted by molar-refractivity contribution is 5.88. The van der Waals surface area contributed by atoms with Crippen LogP contribution in [-0.2, 0) is 19.1 Å². The molecule has 3 aliphatic carbocycles. The summed E-state index contributed by atoms with van der Waals surface area (Å²) in [5.41, 5.74) is 2.90. The van der Waals surface area contributed by atoms with Gasteiger partial charge in [0.25, 0.3) is 0 Å². The summed E-state index contributed by atoms with van der Waals surface area (Å²) >= 11 is 0. The summed E-state index contributed by atoms with van der Waals surface area (Å²) in [4.78, 5) is 24.5. The van der Waals surface area contributed by atoms with Crippen molar-refractivity contribution in [2.75, 3.05) is 0 Å². The van der Waals surface area contributed by atoms with Gasteiger partial charge in [-0.1, -0.05) is 38.5 Å². The largest absolute Gasteiger partial charge is 0.456 e. The van der Waals surface area contributed by atoms with E-state index in [1.165, 1.54) is 17.2 Å². The average molecular weight is 497 g/mol. The van der Waals surface area contributed by atoms with E-state index in [1.54, 1.807) is 13.0 Å². The fraction of sp³-hybridized carbons (Fsp3) is 0.667. The predicted molar refractivity (Wildman–Crippen MR) is 136 cm³/mol. The first kappa shape index (κ1) is 25.5. The van der Waals surface area contributed by atoms with Crippen LogP contribution in [0.4, 0.5) is 0 Å². The van der Waals surface area contributed by atoms with Crippen LogP contribution in [0.3, 0.4) is 0 Å². The zero-order valence-electron chi connectivity index (χ0n) is 22.3. The minimum Gasteiger partial charge on any atom is -0.456 e. The number of aliphatic hydroxyl groups excluding tert-OH is 2. The summed E-state index contributed by atoms with van der Waals surface area (Å²) in [5.74, 6) is -0.605. The van der Waals surface area contributed by atoms with Crippen LogP contribution in [-0.4, -0.2) is 46.1 Å².